The number of hydrogen-bond donors (Lipinski definition) is 1. The number of carboxylic acids is 1. The largest absolute Gasteiger partial charge is 0.478 e. The van der Waals surface area contributed by atoms with Gasteiger partial charge in [0.15, 0.2) is 0 Å². The Morgan fingerprint density at radius 2 is 1.71 bits per heavy atom. The van der Waals surface area contributed by atoms with Crippen LogP contribution in [0.2, 0.25) is 0 Å². The summed E-state index contributed by atoms with van der Waals surface area (Å²) < 4.78 is 28.2. The van der Waals surface area contributed by atoms with Crippen LogP contribution in [0.25, 0.3) is 5.69 Å². The number of carbonyl (C=O) groups is 1. The Bertz CT molecular complexity index is 541. The van der Waals surface area contributed by atoms with Crippen molar-refractivity contribution in [3.05, 3.63) is 53.9 Å². The van der Waals surface area contributed by atoms with Crippen LogP contribution in [-0.4, -0.2) is 15.6 Å². The van der Waals surface area contributed by atoms with E-state index >= 15 is 0 Å². The van der Waals surface area contributed by atoms with E-state index in [1.807, 2.05) is 0 Å². The summed E-state index contributed by atoms with van der Waals surface area (Å²) in [6.07, 6.45) is 3.08. The highest BCUT2D eigenvalue weighted by atomic mass is 35.5. The molecule has 0 atom stereocenters. The van der Waals surface area contributed by atoms with E-state index in [1.165, 1.54) is 17.0 Å². The summed E-state index contributed by atoms with van der Waals surface area (Å²) >= 11 is 0. The zero-order valence-electron chi connectivity index (χ0n) is 8.43. The smallest absolute Gasteiger partial charge is 0.338 e. The summed E-state index contributed by atoms with van der Waals surface area (Å²) in [6.45, 7) is 0. The fourth-order valence-electron chi connectivity index (χ4n) is 1.39. The van der Waals surface area contributed by atoms with Crippen LogP contribution in [0.15, 0.2) is 36.7 Å². The van der Waals surface area contributed by atoms with E-state index in [1.54, 1.807) is 12.1 Å². The van der Waals surface area contributed by atoms with Crippen LogP contribution in [0.3, 0.4) is 0 Å². The van der Waals surface area contributed by atoms with Gasteiger partial charge in [-0.1, -0.05) is 0 Å². The number of carboxylic acid groups (broad SMARTS) is 1. The van der Waals surface area contributed by atoms with Crippen molar-refractivity contribution < 1.29 is 18.7 Å². The molecule has 0 amide bonds. The first kappa shape index (κ1) is 13.2. The van der Waals surface area contributed by atoms with Crippen molar-refractivity contribution >= 4 is 18.4 Å². The zero-order chi connectivity index (χ0) is 11.7. The second-order valence-electron chi connectivity index (χ2n) is 3.18. The summed E-state index contributed by atoms with van der Waals surface area (Å²) in [7, 11) is 0. The molecular formula is C11H8ClF2NO2. The molecule has 1 aromatic carbocycles. The van der Waals surface area contributed by atoms with Gasteiger partial charge in [0.25, 0.3) is 0 Å². The predicted molar refractivity (Wildman–Crippen MR) is 59.9 cm³/mol. The highest BCUT2D eigenvalue weighted by Gasteiger charge is 2.15. The third-order valence-electron chi connectivity index (χ3n) is 2.15. The number of hydrogen-bond acceptors (Lipinski definition) is 1. The van der Waals surface area contributed by atoms with Crippen molar-refractivity contribution in [2.75, 3.05) is 0 Å². The molecule has 1 N–H and O–H groups in total. The number of benzene rings is 1. The van der Waals surface area contributed by atoms with Crippen molar-refractivity contribution in [3.63, 3.8) is 0 Å². The molecule has 1 aromatic heterocycles. The molecule has 0 fully saturated rings. The van der Waals surface area contributed by atoms with Gasteiger partial charge in [-0.05, 0) is 18.2 Å². The SMILES string of the molecule is Cl.O=C(O)c1cc(F)c(-n2cccc2)cc1F. The lowest BCUT2D eigenvalue weighted by molar-refractivity contribution is 0.0691. The first-order valence-electron chi connectivity index (χ1n) is 4.45. The molecule has 0 saturated carbocycles. The first-order chi connectivity index (χ1) is 7.59. The molecule has 0 aliphatic carbocycles. The molecule has 0 spiro atoms. The summed E-state index contributed by atoms with van der Waals surface area (Å²) in [6, 6.07) is 4.84. The van der Waals surface area contributed by atoms with Crippen LogP contribution >= 0.6 is 12.4 Å². The zero-order valence-corrected chi connectivity index (χ0v) is 9.25. The van der Waals surface area contributed by atoms with Gasteiger partial charge in [-0.2, -0.15) is 0 Å². The van der Waals surface area contributed by atoms with Gasteiger partial charge in [-0.15, -0.1) is 12.4 Å². The van der Waals surface area contributed by atoms with E-state index < -0.39 is 23.2 Å². The third-order valence-corrected chi connectivity index (χ3v) is 2.15. The molecule has 1 heterocycles. The van der Waals surface area contributed by atoms with Crippen LogP contribution in [-0.2, 0) is 0 Å². The van der Waals surface area contributed by atoms with Gasteiger partial charge in [0.05, 0.1) is 11.3 Å². The van der Waals surface area contributed by atoms with E-state index in [0.29, 0.717) is 6.07 Å². The number of nitrogens with zero attached hydrogens (tertiary/aromatic N) is 1. The molecule has 0 aliphatic heterocycles. The summed E-state index contributed by atoms with van der Waals surface area (Å²) in [5.41, 5.74) is -0.694. The molecule has 3 nitrogen and oxygen atoms in total. The van der Waals surface area contributed by atoms with Crippen molar-refractivity contribution in [1.82, 2.24) is 4.57 Å². The number of aromatic carboxylic acids is 1. The maximum absolute atomic E-state index is 13.5. The second kappa shape index (κ2) is 4.97. The van der Waals surface area contributed by atoms with Gasteiger partial charge in [-0.25, -0.2) is 13.6 Å². The molecule has 2 rings (SSSR count). The summed E-state index contributed by atoms with van der Waals surface area (Å²) in [5, 5.41) is 8.60. The molecular weight excluding hydrogens is 252 g/mol. The van der Waals surface area contributed by atoms with Gasteiger partial charge in [0, 0.05) is 18.5 Å². The quantitative estimate of drug-likeness (QED) is 0.901. The molecule has 0 aliphatic rings. The maximum Gasteiger partial charge on any atom is 0.338 e. The number of aromatic nitrogens is 1. The van der Waals surface area contributed by atoms with Crippen molar-refractivity contribution in [3.8, 4) is 5.69 Å². The van der Waals surface area contributed by atoms with Crippen molar-refractivity contribution in [2.24, 2.45) is 0 Å². The normalized spacial score (nSPS) is 9.76. The Kier molecular flexibility index (Phi) is 3.85. The van der Waals surface area contributed by atoms with Crippen LogP contribution in [0.1, 0.15) is 10.4 Å². The number of halogens is 3. The van der Waals surface area contributed by atoms with Gasteiger partial charge in [0.1, 0.15) is 11.6 Å². The molecule has 90 valence electrons. The van der Waals surface area contributed by atoms with Crippen LogP contribution < -0.4 is 0 Å². The first-order valence-corrected chi connectivity index (χ1v) is 4.45. The lowest BCUT2D eigenvalue weighted by Gasteiger charge is -2.06. The molecule has 17 heavy (non-hydrogen) atoms. The van der Waals surface area contributed by atoms with E-state index in [9.17, 15) is 13.6 Å². The molecule has 0 saturated heterocycles. The predicted octanol–water partition coefficient (Wildman–Crippen LogP) is 2.88. The highest BCUT2D eigenvalue weighted by molar-refractivity contribution is 5.88. The monoisotopic (exact) mass is 259 g/mol. The minimum atomic E-state index is -1.49. The topological polar surface area (TPSA) is 42.2 Å². The maximum atomic E-state index is 13.5. The van der Waals surface area contributed by atoms with Gasteiger partial charge in [-0.3, -0.25) is 0 Å². The fraction of sp³-hybridized carbons (Fsp3) is 0. The summed E-state index contributed by atoms with van der Waals surface area (Å²) in [4.78, 5) is 10.6. The van der Waals surface area contributed by atoms with E-state index in [2.05, 4.69) is 0 Å². The van der Waals surface area contributed by atoms with Gasteiger partial charge >= 0.3 is 5.97 Å². The lowest BCUT2D eigenvalue weighted by atomic mass is 10.2. The molecule has 0 unspecified atom stereocenters. The van der Waals surface area contributed by atoms with Gasteiger partial charge in [0.2, 0.25) is 0 Å². The molecule has 2 aromatic rings. The Morgan fingerprint density at radius 1 is 1.12 bits per heavy atom. The van der Waals surface area contributed by atoms with E-state index in [0.717, 1.165) is 6.07 Å². The van der Waals surface area contributed by atoms with Crippen LogP contribution in [0.5, 0.6) is 0 Å². The Morgan fingerprint density at radius 3 is 2.24 bits per heavy atom. The number of rotatable bonds is 2. The lowest BCUT2D eigenvalue weighted by Crippen LogP contribution is -2.04. The Labute approximate surface area is 102 Å². The Balaban J connectivity index is 0.00000144. The van der Waals surface area contributed by atoms with Crippen LogP contribution in [0, 0.1) is 11.6 Å². The molecule has 0 radical (unpaired) electrons. The average Bonchev–Trinajstić information content (AvgIpc) is 2.73. The molecule has 0 bridgehead atoms. The summed E-state index contributed by atoms with van der Waals surface area (Å²) in [5.74, 6) is -3.23. The van der Waals surface area contributed by atoms with E-state index in [4.69, 9.17) is 5.11 Å². The van der Waals surface area contributed by atoms with Gasteiger partial charge < -0.3 is 9.67 Å². The third kappa shape index (κ3) is 2.45. The van der Waals surface area contributed by atoms with Crippen molar-refractivity contribution in [1.29, 1.82) is 0 Å². The van der Waals surface area contributed by atoms with Crippen molar-refractivity contribution in [2.45, 2.75) is 0 Å². The van der Waals surface area contributed by atoms with E-state index in [-0.39, 0.29) is 18.1 Å². The highest BCUT2D eigenvalue weighted by Crippen LogP contribution is 2.18. The fourth-order valence-corrected chi connectivity index (χ4v) is 1.39. The average molecular weight is 260 g/mol. The Hall–Kier alpha value is -1.88. The minimum absolute atomic E-state index is 0. The second-order valence-corrected chi connectivity index (χ2v) is 3.18. The minimum Gasteiger partial charge on any atom is -0.478 e. The molecule has 6 heteroatoms. The standard InChI is InChI=1S/C11H7F2NO2.ClH/c12-8-6-10(14-3-1-2-4-14)9(13)5-7(8)11(15)16;/h1-6H,(H,15,16);1H. The van der Waals surface area contributed by atoms with Crippen LogP contribution in [0.4, 0.5) is 8.78 Å².